The molecule has 3 heterocycles. The predicted octanol–water partition coefficient (Wildman–Crippen LogP) is 3.01. The summed E-state index contributed by atoms with van der Waals surface area (Å²) in [5.74, 6) is 1.58. The molecule has 154 valence electrons. The van der Waals surface area contributed by atoms with Gasteiger partial charge in [-0.3, -0.25) is 14.8 Å². The van der Waals surface area contributed by atoms with E-state index in [9.17, 15) is 0 Å². The summed E-state index contributed by atoms with van der Waals surface area (Å²) in [6.07, 6.45) is 1.19. The van der Waals surface area contributed by atoms with E-state index in [0.717, 1.165) is 32.1 Å². The summed E-state index contributed by atoms with van der Waals surface area (Å²) in [6.45, 7) is 14.6. The summed E-state index contributed by atoms with van der Waals surface area (Å²) in [5.41, 5.74) is 1.52. The van der Waals surface area contributed by atoms with Crippen molar-refractivity contribution in [2.75, 3.05) is 33.2 Å². The predicted molar refractivity (Wildman–Crippen MR) is 127 cm³/mol. The molecular formula is C20H36IN5S. The second-order valence-corrected chi connectivity index (χ2v) is 9.17. The number of hydrogen-bond acceptors (Lipinski definition) is 4. The molecule has 3 rings (SSSR count). The van der Waals surface area contributed by atoms with Crippen molar-refractivity contribution in [3.8, 4) is 0 Å². The summed E-state index contributed by atoms with van der Waals surface area (Å²) in [7, 11) is 1.87. The van der Waals surface area contributed by atoms with Gasteiger partial charge in [-0.15, -0.1) is 35.3 Å². The van der Waals surface area contributed by atoms with Crippen molar-refractivity contribution in [1.29, 1.82) is 0 Å². The Kier molecular flexibility index (Phi) is 8.83. The average molecular weight is 506 g/mol. The van der Waals surface area contributed by atoms with E-state index in [1.165, 1.54) is 18.5 Å². The highest BCUT2D eigenvalue weighted by Gasteiger charge is 2.31. The van der Waals surface area contributed by atoms with Crippen LogP contribution in [0.4, 0.5) is 0 Å². The summed E-state index contributed by atoms with van der Waals surface area (Å²) in [5, 5.41) is 9.44. The maximum Gasteiger partial charge on any atom is 0.191 e. The van der Waals surface area contributed by atoms with Crippen molar-refractivity contribution in [3.63, 3.8) is 0 Å². The van der Waals surface area contributed by atoms with Gasteiger partial charge in [-0.25, -0.2) is 0 Å². The smallest absolute Gasteiger partial charge is 0.191 e. The molecule has 2 N–H and O–H groups in total. The Bertz CT molecular complexity index is 617. The largest absolute Gasteiger partial charge is 0.355 e. The van der Waals surface area contributed by atoms with Crippen LogP contribution in [0.3, 0.4) is 0 Å². The lowest BCUT2D eigenvalue weighted by Crippen LogP contribution is -2.50. The SMILES string of the molecule is CN=C(NCC(C)N1CCc2sccc2C1)NC1CN(C(C)C)CC1C.I. The fourth-order valence-corrected chi connectivity index (χ4v) is 4.89. The van der Waals surface area contributed by atoms with Crippen LogP contribution in [-0.4, -0.2) is 67.1 Å². The van der Waals surface area contributed by atoms with Gasteiger partial charge in [-0.1, -0.05) is 6.92 Å². The molecule has 1 saturated heterocycles. The summed E-state index contributed by atoms with van der Waals surface area (Å²) < 4.78 is 0. The number of aliphatic imine (C=N–C) groups is 1. The third-order valence-electron chi connectivity index (χ3n) is 5.94. The topological polar surface area (TPSA) is 42.9 Å². The first kappa shape index (κ1) is 22.9. The van der Waals surface area contributed by atoms with Crippen molar-refractivity contribution in [2.45, 2.75) is 58.8 Å². The fraction of sp³-hybridized carbons (Fsp3) is 0.750. The van der Waals surface area contributed by atoms with Crippen LogP contribution in [0.1, 0.15) is 38.1 Å². The van der Waals surface area contributed by atoms with Crippen LogP contribution in [0.5, 0.6) is 0 Å². The van der Waals surface area contributed by atoms with Crippen LogP contribution in [0, 0.1) is 5.92 Å². The van der Waals surface area contributed by atoms with E-state index >= 15 is 0 Å². The van der Waals surface area contributed by atoms with Gasteiger partial charge >= 0.3 is 0 Å². The van der Waals surface area contributed by atoms with Crippen LogP contribution in [-0.2, 0) is 13.0 Å². The molecule has 0 radical (unpaired) electrons. The van der Waals surface area contributed by atoms with Crippen molar-refractivity contribution >= 4 is 41.3 Å². The molecule has 1 fully saturated rings. The number of halogens is 1. The number of nitrogens with zero attached hydrogens (tertiary/aromatic N) is 3. The molecule has 1 aromatic heterocycles. The van der Waals surface area contributed by atoms with Gasteiger partial charge in [0.05, 0.1) is 0 Å². The molecule has 27 heavy (non-hydrogen) atoms. The number of nitrogens with one attached hydrogen (secondary N) is 2. The Hall–Kier alpha value is -0.380. The standard InChI is InChI=1S/C20H35N5S.HI/c1-14(2)25-11-15(3)18(13-25)23-20(21-5)22-10-16(4)24-8-6-19-17(12-24)7-9-26-19;/h7,9,14-16,18H,6,8,10-13H2,1-5H3,(H2,21,22,23);1H. The number of hydrogen-bond donors (Lipinski definition) is 2. The third-order valence-corrected chi connectivity index (χ3v) is 6.97. The molecule has 2 aliphatic heterocycles. The fourth-order valence-electron chi connectivity index (χ4n) is 4.00. The Labute approximate surface area is 186 Å². The molecule has 0 aromatic carbocycles. The lowest BCUT2D eigenvalue weighted by Gasteiger charge is -2.33. The minimum Gasteiger partial charge on any atom is -0.355 e. The lowest BCUT2D eigenvalue weighted by molar-refractivity contribution is 0.192. The van der Waals surface area contributed by atoms with Crippen molar-refractivity contribution in [2.24, 2.45) is 10.9 Å². The van der Waals surface area contributed by atoms with Crippen LogP contribution in [0.2, 0.25) is 0 Å². The number of likely N-dealkylation sites (tertiary alicyclic amines) is 1. The first-order valence-electron chi connectivity index (χ1n) is 9.98. The minimum atomic E-state index is 0. The van der Waals surface area contributed by atoms with Gasteiger partial charge in [0.15, 0.2) is 5.96 Å². The van der Waals surface area contributed by atoms with Crippen LogP contribution < -0.4 is 10.6 Å². The van der Waals surface area contributed by atoms with Crippen molar-refractivity contribution in [3.05, 3.63) is 21.9 Å². The molecule has 0 bridgehead atoms. The van der Waals surface area contributed by atoms with Gasteiger partial charge in [-0.2, -0.15) is 0 Å². The number of thiophene rings is 1. The zero-order valence-corrected chi connectivity index (χ0v) is 20.5. The second-order valence-electron chi connectivity index (χ2n) is 8.17. The van der Waals surface area contributed by atoms with Gasteiger partial charge in [0.1, 0.15) is 0 Å². The highest BCUT2D eigenvalue weighted by Crippen LogP contribution is 2.25. The Balaban J connectivity index is 0.00000261. The molecular weight excluding hydrogens is 469 g/mol. The summed E-state index contributed by atoms with van der Waals surface area (Å²) in [4.78, 5) is 11.2. The first-order chi connectivity index (χ1) is 12.5. The normalized spacial score (nSPS) is 25.2. The Morgan fingerprint density at radius 1 is 1.30 bits per heavy atom. The lowest BCUT2D eigenvalue weighted by atomic mass is 10.1. The maximum atomic E-state index is 4.46. The monoisotopic (exact) mass is 505 g/mol. The molecule has 3 atom stereocenters. The molecule has 0 spiro atoms. The van der Waals surface area contributed by atoms with E-state index in [1.54, 1.807) is 4.88 Å². The average Bonchev–Trinajstić information content (AvgIpc) is 3.24. The molecule has 0 saturated carbocycles. The van der Waals surface area contributed by atoms with E-state index in [4.69, 9.17) is 0 Å². The molecule has 7 heteroatoms. The maximum absolute atomic E-state index is 4.46. The third kappa shape index (κ3) is 5.81. The molecule has 0 aliphatic carbocycles. The van der Waals surface area contributed by atoms with E-state index in [0.29, 0.717) is 24.0 Å². The van der Waals surface area contributed by atoms with Crippen LogP contribution in [0.15, 0.2) is 16.4 Å². The van der Waals surface area contributed by atoms with E-state index in [-0.39, 0.29) is 24.0 Å². The quantitative estimate of drug-likeness (QED) is 0.367. The van der Waals surface area contributed by atoms with Crippen molar-refractivity contribution < 1.29 is 0 Å². The van der Waals surface area contributed by atoms with E-state index in [2.05, 4.69) is 64.6 Å². The van der Waals surface area contributed by atoms with Gasteiger partial charge in [0.2, 0.25) is 0 Å². The van der Waals surface area contributed by atoms with E-state index < -0.39 is 0 Å². The van der Waals surface area contributed by atoms with Gasteiger partial charge in [-0.05, 0) is 50.1 Å². The minimum absolute atomic E-state index is 0. The molecule has 0 amide bonds. The van der Waals surface area contributed by atoms with Crippen LogP contribution in [0.25, 0.3) is 0 Å². The Morgan fingerprint density at radius 2 is 2.07 bits per heavy atom. The number of rotatable bonds is 5. The highest BCUT2D eigenvalue weighted by molar-refractivity contribution is 14.0. The van der Waals surface area contributed by atoms with Gasteiger partial charge in [0.25, 0.3) is 0 Å². The first-order valence-corrected chi connectivity index (χ1v) is 10.9. The zero-order valence-electron chi connectivity index (χ0n) is 17.4. The van der Waals surface area contributed by atoms with E-state index in [1.807, 2.05) is 18.4 Å². The Morgan fingerprint density at radius 3 is 2.74 bits per heavy atom. The highest BCUT2D eigenvalue weighted by atomic mass is 127. The summed E-state index contributed by atoms with van der Waals surface area (Å²) >= 11 is 1.91. The number of fused-ring (bicyclic) bond motifs is 1. The zero-order chi connectivity index (χ0) is 18.7. The van der Waals surface area contributed by atoms with Gasteiger partial charge in [0, 0.05) is 62.8 Å². The molecule has 2 aliphatic rings. The molecule has 1 aromatic rings. The summed E-state index contributed by atoms with van der Waals surface area (Å²) in [6, 6.07) is 3.87. The van der Waals surface area contributed by atoms with Crippen molar-refractivity contribution in [1.82, 2.24) is 20.4 Å². The molecule has 3 unspecified atom stereocenters. The molecule has 5 nitrogen and oxygen atoms in total. The second kappa shape index (κ2) is 10.4. The van der Waals surface area contributed by atoms with Crippen LogP contribution >= 0.6 is 35.3 Å². The van der Waals surface area contributed by atoms with Gasteiger partial charge < -0.3 is 10.6 Å². The number of guanidine groups is 1.